The fraction of sp³-hybridized carbons (Fsp3) is 0.192. The Morgan fingerprint density at radius 3 is 2.17 bits per heavy atom. The number of hydrogen-bond acceptors (Lipinski definition) is 2. The zero-order chi connectivity index (χ0) is 19.6. The minimum atomic E-state index is -1.16. The summed E-state index contributed by atoms with van der Waals surface area (Å²) in [6.45, 7) is 0. The molecule has 1 N–H and O–H groups in total. The van der Waals surface area contributed by atoms with E-state index in [2.05, 4.69) is 24.3 Å². The monoisotopic (exact) mass is 379 g/mol. The predicted molar refractivity (Wildman–Crippen MR) is 113 cm³/mol. The van der Waals surface area contributed by atoms with E-state index in [4.69, 9.17) is 0 Å². The Morgan fingerprint density at radius 1 is 0.828 bits per heavy atom. The van der Waals surface area contributed by atoms with Gasteiger partial charge in [-0.15, -0.1) is 0 Å². The molecule has 0 unspecified atom stereocenters. The number of hydrogen-bond donors (Lipinski definition) is 1. The molecule has 3 nitrogen and oxygen atoms in total. The van der Waals surface area contributed by atoms with Crippen LogP contribution >= 0.6 is 0 Å². The molecule has 0 radical (unpaired) electrons. The van der Waals surface area contributed by atoms with Gasteiger partial charge in [0.05, 0.1) is 17.1 Å². The van der Waals surface area contributed by atoms with Crippen molar-refractivity contribution in [3.05, 3.63) is 108 Å². The van der Waals surface area contributed by atoms with Crippen LogP contribution in [0.15, 0.2) is 91.0 Å². The van der Waals surface area contributed by atoms with Crippen LogP contribution in [-0.4, -0.2) is 15.6 Å². The second-order valence-electron chi connectivity index (χ2n) is 8.32. The molecule has 142 valence electrons. The van der Waals surface area contributed by atoms with Crippen molar-refractivity contribution in [1.29, 1.82) is 0 Å². The molecule has 3 aromatic carbocycles. The fourth-order valence-electron chi connectivity index (χ4n) is 5.72. The van der Waals surface area contributed by atoms with Gasteiger partial charge < -0.3 is 5.11 Å². The lowest BCUT2D eigenvalue weighted by Crippen LogP contribution is -2.31. The maximum absolute atomic E-state index is 13.7. The molecule has 29 heavy (non-hydrogen) atoms. The molecule has 1 fully saturated rings. The number of carbonyl (C=O) groups excluding carboxylic acids is 1. The Morgan fingerprint density at radius 2 is 1.45 bits per heavy atom. The number of aliphatic hydroxyl groups is 1. The molecule has 2 heterocycles. The minimum absolute atomic E-state index is 0.0102. The Balaban J connectivity index is 1.58. The van der Waals surface area contributed by atoms with E-state index in [1.807, 2.05) is 66.7 Å². The van der Waals surface area contributed by atoms with Crippen molar-refractivity contribution in [2.45, 2.75) is 23.9 Å². The molecular formula is C26H21NO2. The first-order chi connectivity index (χ1) is 14.2. The average molecular weight is 379 g/mol. The number of fused-ring (bicyclic) bond motifs is 5. The van der Waals surface area contributed by atoms with Crippen LogP contribution < -0.4 is 0 Å². The minimum Gasteiger partial charge on any atom is -0.383 e. The van der Waals surface area contributed by atoms with Crippen molar-refractivity contribution in [2.75, 3.05) is 0 Å². The van der Waals surface area contributed by atoms with Crippen LogP contribution in [0, 0.1) is 5.92 Å². The molecule has 0 saturated heterocycles. The van der Waals surface area contributed by atoms with Crippen molar-refractivity contribution in [2.24, 2.45) is 5.92 Å². The highest BCUT2D eigenvalue weighted by Gasteiger charge is 2.63. The molecule has 0 amide bonds. The second-order valence-corrected chi connectivity index (χ2v) is 8.32. The van der Waals surface area contributed by atoms with E-state index in [1.165, 1.54) is 5.56 Å². The maximum Gasteiger partial charge on any atom is 0.238 e. The summed E-state index contributed by atoms with van der Waals surface area (Å²) in [6, 6.07) is 30.4. The molecular weight excluding hydrogens is 358 g/mol. The summed E-state index contributed by atoms with van der Waals surface area (Å²) in [5, 5.41) is 13.0. The van der Waals surface area contributed by atoms with E-state index >= 15 is 0 Å². The topological polar surface area (TPSA) is 42.2 Å². The number of nitrogens with zero attached hydrogens (tertiary/aromatic N) is 1. The predicted octanol–water partition coefficient (Wildman–Crippen LogP) is 5.07. The Labute approximate surface area is 169 Å². The van der Waals surface area contributed by atoms with Gasteiger partial charge in [-0.25, -0.2) is 0 Å². The first-order valence-corrected chi connectivity index (χ1v) is 10.2. The summed E-state index contributed by atoms with van der Waals surface area (Å²) in [6.07, 6.45) is 0.545. The van der Waals surface area contributed by atoms with Gasteiger partial charge >= 0.3 is 0 Å². The largest absolute Gasteiger partial charge is 0.383 e. The summed E-state index contributed by atoms with van der Waals surface area (Å²) >= 11 is 0. The lowest BCUT2D eigenvalue weighted by atomic mass is 9.78. The Hall–Kier alpha value is -3.17. The fourth-order valence-corrected chi connectivity index (χ4v) is 5.72. The number of para-hydroxylation sites is 1. The van der Waals surface area contributed by atoms with E-state index in [9.17, 15) is 9.90 Å². The van der Waals surface area contributed by atoms with Crippen LogP contribution in [0.2, 0.25) is 0 Å². The van der Waals surface area contributed by atoms with E-state index in [0.29, 0.717) is 6.42 Å². The molecule has 2 aliphatic rings. The lowest BCUT2D eigenvalue weighted by Gasteiger charge is -2.25. The Kier molecular flexibility index (Phi) is 3.42. The normalized spacial score (nSPS) is 27.9. The van der Waals surface area contributed by atoms with Crippen molar-refractivity contribution in [3.8, 4) is 0 Å². The number of carbonyl (C=O) groups is 1. The summed E-state index contributed by atoms with van der Waals surface area (Å²) in [7, 11) is 0. The molecule has 0 bridgehead atoms. The average Bonchev–Trinajstić information content (AvgIpc) is 3.37. The third-order valence-corrected chi connectivity index (χ3v) is 6.89. The quantitative estimate of drug-likeness (QED) is 0.528. The van der Waals surface area contributed by atoms with Crippen molar-refractivity contribution in [3.63, 3.8) is 0 Å². The molecule has 1 aromatic heterocycles. The molecule has 4 aromatic rings. The van der Waals surface area contributed by atoms with Crippen LogP contribution in [0.3, 0.4) is 0 Å². The van der Waals surface area contributed by atoms with Crippen molar-refractivity contribution in [1.82, 2.24) is 4.57 Å². The van der Waals surface area contributed by atoms with E-state index in [0.717, 1.165) is 22.2 Å². The van der Waals surface area contributed by atoms with Crippen molar-refractivity contribution < 1.29 is 9.90 Å². The lowest BCUT2D eigenvalue weighted by molar-refractivity contribution is 0.00989. The highest BCUT2D eigenvalue weighted by Crippen LogP contribution is 2.62. The third kappa shape index (κ3) is 2.19. The van der Waals surface area contributed by atoms with Crippen LogP contribution in [0.4, 0.5) is 0 Å². The molecule has 0 spiro atoms. The molecule has 1 aliphatic heterocycles. The summed E-state index contributed by atoms with van der Waals surface area (Å²) in [5.74, 6) is -0.440. The van der Waals surface area contributed by atoms with Crippen LogP contribution in [-0.2, 0) is 5.60 Å². The van der Waals surface area contributed by atoms with E-state index < -0.39 is 11.5 Å². The zero-order valence-corrected chi connectivity index (χ0v) is 15.9. The summed E-state index contributed by atoms with van der Waals surface area (Å²) in [5.41, 5.74) is 2.77. The SMILES string of the molecule is O=C1[C@@H]2[C@@H](c3ccccc3)[C@@H](c3ccccc3)C[C@]2(O)c2cc3ccccc3n21. The van der Waals surface area contributed by atoms with Crippen LogP contribution in [0.1, 0.15) is 39.9 Å². The van der Waals surface area contributed by atoms with E-state index in [1.54, 1.807) is 4.57 Å². The van der Waals surface area contributed by atoms with Gasteiger partial charge in [-0.3, -0.25) is 9.36 Å². The van der Waals surface area contributed by atoms with Gasteiger partial charge in [0, 0.05) is 11.3 Å². The van der Waals surface area contributed by atoms with E-state index in [-0.39, 0.29) is 17.7 Å². The van der Waals surface area contributed by atoms with Crippen LogP contribution in [0.25, 0.3) is 10.9 Å². The highest BCUT2D eigenvalue weighted by molar-refractivity contribution is 5.99. The van der Waals surface area contributed by atoms with Gasteiger partial charge in [0.2, 0.25) is 5.91 Å². The van der Waals surface area contributed by atoms with Gasteiger partial charge in [-0.1, -0.05) is 78.9 Å². The smallest absolute Gasteiger partial charge is 0.238 e. The Bertz CT molecular complexity index is 1230. The van der Waals surface area contributed by atoms with Gasteiger partial charge in [-0.05, 0) is 35.6 Å². The van der Waals surface area contributed by atoms with Gasteiger partial charge in [0.25, 0.3) is 0 Å². The zero-order valence-electron chi connectivity index (χ0n) is 15.9. The first kappa shape index (κ1) is 16.8. The number of rotatable bonds is 2. The van der Waals surface area contributed by atoms with Gasteiger partial charge in [0.15, 0.2) is 0 Å². The molecule has 3 heteroatoms. The second kappa shape index (κ2) is 5.91. The maximum atomic E-state index is 13.7. The summed E-state index contributed by atoms with van der Waals surface area (Å²) < 4.78 is 1.76. The first-order valence-electron chi connectivity index (χ1n) is 10.2. The van der Waals surface area contributed by atoms with Crippen molar-refractivity contribution >= 4 is 16.8 Å². The molecule has 1 aliphatic carbocycles. The standard InChI is InChI=1S/C26H21NO2/c28-25-24-23(18-11-5-2-6-12-18)20(17-9-3-1-4-10-17)16-26(24,29)22-15-19-13-7-8-14-21(19)27(22)25/h1-15,20,23-24,29H,16H2/t20-,23+,24+,26+/m1/s1. The number of aromatic nitrogens is 1. The molecule has 6 rings (SSSR count). The third-order valence-electron chi connectivity index (χ3n) is 6.89. The van der Waals surface area contributed by atoms with Crippen LogP contribution in [0.5, 0.6) is 0 Å². The summed E-state index contributed by atoms with van der Waals surface area (Å²) in [4.78, 5) is 13.7. The molecule has 4 atom stereocenters. The molecule has 1 saturated carbocycles. The highest BCUT2D eigenvalue weighted by atomic mass is 16.3. The van der Waals surface area contributed by atoms with Gasteiger partial charge in [-0.2, -0.15) is 0 Å². The van der Waals surface area contributed by atoms with Gasteiger partial charge in [0.1, 0.15) is 5.60 Å². The number of benzene rings is 3.